The van der Waals surface area contributed by atoms with Gasteiger partial charge in [-0.2, -0.15) is 0 Å². The van der Waals surface area contributed by atoms with E-state index in [1.165, 1.54) is 16.8 Å². The fourth-order valence-corrected chi connectivity index (χ4v) is 1.58. The number of aryl methyl sites for hydroxylation is 1. The predicted molar refractivity (Wildman–Crippen MR) is 59.7 cm³/mol. The maximum absolute atomic E-state index is 5.88. The quantitative estimate of drug-likeness (QED) is 0.673. The van der Waals surface area contributed by atoms with Crippen molar-refractivity contribution in [1.82, 2.24) is 0 Å². The Kier molecular flexibility index (Phi) is 3.61. The lowest BCUT2D eigenvalue weighted by Crippen LogP contribution is -2.17. The summed E-state index contributed by atoms with van der Waals surface area (Å²) in [7, 11) is 2.08. The van der Waals surface area contributed by atoms with Crippen molar-refractivity contribution in [3.8, 4) is 0 Å². The number of anilines is 1. The lowest BCUT2D eigenvalue weighted by Gasteiger charge is -2.20. The largest absolute Gasteiger partial charge is 0.375 e. The van der Waals surface area contributed by atoms with Crippen molar-refractivity contribution < 1.29 is 0 Å². The number of benzene rings is 1. The van der Waals surface area contributed by atoms with E-state index >= 15 is 0 Å². The minimum atomic E-state index is 0.585. The second kappa shape index (κ2) is 4.52. The van der Waals surface area contributed by atoms with Crippen molar-refractivity contribution in [2.75, 3.05) is 18.5 Å². The Labute approximate surface area is 85.3 Å². The maximum atomic E-state index is 5.88. The van der Waals surface area contributed by atoms with Crippen LogP contribution in [0.5, 0.6) is 0 Å². The van der Waals surface area contributed by atoms with Gasteiger partial charge in [-0.05, 0) is 25.5 Å². The van der Waals surface area contributed by atoms with Gasteiger partial charge in [0.2, 0.25) is 0 Å². The number of alkyl halides is 1. The first-order valence-corrected chi connectivity index (χ1v) is 5.09. The third kappa shape index (κ3) is 2.38. The van der Waals surface area contributed by atoms with Crippen molar-refractivity contribution in [2.45, 2.75) is 19.7 Å². The highest BCUT2D eigenvalue weighted by Gasteiger charge is 2.04. The molecule has 0 atom stereocenters. The highest BCUT2D eigenvalue weighted by molar-refractivity contribution is 6.17. The van der Waals surface area contributed by atoms with Gasteiger partial charge in [-0.1, -0.05) is 17.7 Å². The molecule has 0 N–H and O–H groups in total. The normalized spacial score (nSPS) is 10.2. The molecule has 0 bridgehead atoms. The number of hydrogen-bond acceptors (Lipinski definition) is 1. The van der Waals surface area contributed by atoms with Gasteiger partial charge in [-0.25, -0.2) is 0 Å². The zero-order chi connectivity index (χ0) is 9.84. The topological polar surface area (TPSA) is 3.24 Å². The summed E-state index contributed by atoms with van der Waals surface area (Å²) >= 11 is 5.88. The van der Waals surface area contributed by atoms with E-state index in [2.05, 4.69) is 44.0 Å². The third-order valence-corrected chi connectivity index (χ3v) is 2.55. The molecule has 0 aliphatic rings. The van der Waals surface area contributed by atoms with E-state index in [1.54, 1.807) is 0 Å². The van der Waals surface area contributed by atoms with Crippen LogP contribution in [-0.2, 0) is 5.88 Å². The summed E-state index contributed by atoms with van der Waals surface area (Å²) in [6.45, 7) is 5.23. The van der Waals surface area contributed by atoms with Gasteiger partial charge >= 0.3 is 0 Å². The van der Waals surface area contributed by atoms with Gasteiger partial charge < -0.3 is 4.90 Å². The van der Waals surface area contributed by atoms with Crippen LogP contribution in [0, 0.1) is 6.92 Å². The minimum absolute atomic E-state index is 0.585. The Morgan fingerprint density at radius 3 is 2.62 bits per heavy atom. The van der Waals surface area contributed by atoms with E-state index in [1.807, 2.05) is 0 Å². The summed E-state index contributed by atoms with van der Waals surface area (Å²) in [5, 5.41) is 0. The molecule has 0 aliphatic carbocycles. The van der Waals surface area contributed by atoms with Crippen molar-refractivity contribution in [1.29, 1.82) is 0 Å². The van der Waals surface area contributed by atoms with Crippen LogP contribution >= 0.6 is 11.6 Å². The molecular formula is C11H16ClN. The zero-order valence-electron chi connectivity index (χ0n) is 8.47. The molecule has 1 aromatic rings. The smallest absolute Gasteiger partial charge is 0.0494 e. The first-order valence-electron chi connectivity index (χ1n) is 4.55. The molecule has 0 saturated heterocycles. The molecule has 1 aromatic carbocycles. The second-order valence-corrected chi connectivity index (χ2v) is 3.55. The number of nitrogens with zero attached hydrogens (tertiary/aromatic N) is 1. The second-order valence-electron chi connectivity index (χ2n) is 3.28. The minimum Gasteiger partial charge on any atom is -0.375 e. The molecule has 0 spiro atoms. The van der Waals surface area contributed by atoms with E-state index in [0.717, 1.165) is 6.54 Å². The summed E-state index contributed by atoms with van der Waals surface area (Å²) in [6, 6.07) is 6.41. The van der Waals surface area contributed by atoms with Crippen molar-refractivity contribution >= 4 is 17.3 Å². The first kappa shape index (κ1) is 10.4. The molecule has 0 radical (unpaired) electrons. The monoisotopic (exact) mass is 197 g/mol. The summed E-state index contributed by atoms with van der Waals surface area (Å²) < 4.78 is 0. The lowest BCUT2D eigenvalue weighted by molar-refractivity contribution is 0.958. The standard InChI is InChI=1S/C11H16ClN/c1-4-13(3)11-6-5-9(2)7-10(11)8-12/h5-7H,4,8H2,1-3H3. The molecule has 0 heterocycles. The van der Waals surface area contributed by atoms with Gasteiger partial charge in [0.25, 0.3) is 0 Å². The Morgan fingerprint density at radius 2 is 2.08 bits per heavy atom. The molecule has 0 amide bonds. The van der Waals surface area contributed by atoms with Crippen LogP contribution in [-0.4, -0.2) is 13.6 Å². The lowest BCUT2D eigenvalue weighted by atomic mass is 10.1. The average Bonchev–Trinajstić information content (AvgIpc) is 2.16. The van der Waals surface area contributed by atoms with Gasteiger partial charge in [-0.3, -0.25) is 0 Å². The SMILES string of the molecule is CCN(C)c1ccc(C)cc1CCl. The molecular weight excluding hydrogens is 182 g/mol. The molecule has 0 saturated carbocycles. The van der Waals surface area contributed by atoms with Crippen LogP contribution in [0.3, 0.4) is 0 Å². The molecule has 1 nitrogen and oxygen atoms in total. The summed E-state index contributed by atoms with van der Waals surface area (Å²) in [5.41, 5.74) is 3.72. The molecule has 0 fully saturated rings. The highest BCUT2D eigenvalue weighted by Crippen LogP contribution is 2.22. The Morgan fingerprint density at radius 1 is 1.38 bits per heavy atom. The van der Waals surface area contributed by atoms with Crippen LogP contribution in [0.15, 0.2) is 18.2 Å². The number of hydrogen-bond donors (Lipinski definition) is 0. The van der Waals surface area contributed by atoms with Crippen molar-refractivity contribution in [2.24, 2.45) is 0 Å². The number of rotatable bonds is 3. The van der Waals surface area contributed by atoms with E-state index in [0.29, 0.717) is 5.88 Å². The van der Waals surface area contributed by atoms with Crippen LogP contribution in [0.25, 0.3) is 0 Å². The van der Waals surface area contributed by atoms with Gasteiger partial charge in [0.15, 0.2) is 0 Å². The van der Waals surface area contributed by atoms with Crippen molar-refractivity contribution in [3.05, 3.63) is 29.3 Å². The number of halogens is 1. The average molecular weight is 198 g/mol. The van der Waals surface area contributed by atoms with Gasteiger partial charge in [0.1, 0.15) is 0 Å². The summed E-state index contributed by atoms with van der Waals surface area (Å²) in [5.74, 6) is 0.585. The Balaban J connectivity index is 3.05. The zero-order valence-corrected chi connectivity index (χ0v) is 9.23. The molecule has 0 aromatic heterocycles. The highest BCUT2D eigenvalue weighted by atomic mass is 35.5. The van der Waals surface area contributed by atoms with E-state index in [4.69, 9.17) is 11.6 Å². The molecule has 2 heteroatoms. The van der Waals surface area contributed by atoms with E-state index in [9.17, 15) is 0 Å². The van der Waals surface area contributed by atoms with Gasteiger partial charge in [-0.15, -0.1) is 11.6 Å². The van der Waals surface area contributed by atoms with Crippen LogP contribution in [0.1, 0.15) is 18.1 Å². The summed E-state index contributed by atoms with van der Waals surface area (Å²) in [6.07, 6.45) is 0. The van der Waals surface area contributed by atoms with E-state index in [-0.39, 0.29) is 0 Å². The molecule has 1 rings (SSSR count). The van der Waals surface area contributed by atoms with Crippen LogP contribution in [0.2, 0.25) is 0 Å². The van der Waals surface area contributed by atoms with Gasteiger partial charge in [0, 0.05) is 25.2 Å². The van der Waals surface area contributed by atoms with Crippen LogP contribution in [0.4, 0.5) is 5.69 Å². The molecule has 0 unspecified atom stereocenters. The Hall–Kier alpha value is -0.690. The summed E-state index contributed by atoms with van der Waals surface area (Å²) in [4.78, 5) is 2.21. The third-order valence-electron chi connectivity index (χ3n) is 2.26. The fraction of sp³-hybridized carbons (Fsp3) is 0.455. The van der Waals surface area contributed by atoms with E-state index < -0.39 is 0 Å². The molecule has 13 heavy (non-hydrogen) atoms. The molecule has 72 valence electrons. The first-order chi connectivity index (χ1) is 6.19. The molecule has 0 aliphatic heterocycles. The fourth-order valence-electron chi connectivity index (χ4n) is 1.36. The van der Waals surface area contributed by atoms with Gasteiger partial charge in [0.05, 0.1) is 0 Å². The predicted octanol–water partition coefficient (Wildman–Crippen LogP) is 3.19. The van der Waals surface area contributed by atoms with Crippen LogP contribution < -0.4 is 4.90 Å². The maximum Gasteiger partial charge on any atom is 0.0494 e. The Bertz CT molecular complexity index is 283. The van der Waals surface area contributed by atoms with Crippen molar-refractivity contribution in [3.63, 3.8) is 0 Å².